The first kappa shape index (κ1) is 13.5. The molecule has 0 atom stereocenters. The molecule has 0 bridgehead atoms. The van der Waals surface area contributed by atoms with Crippen molar-refractivity contribution in [3.05, 3.63) is 17.0 Å². The first-order valence-corrected chi connectivity index (χ1v) is 4.74. The van der Waals surface area contributed by atoms with Gasteiger partial charge in [0.1, 0.15) is 5.82 Å². The Labute approximate surface area is 98.6 Å². The maximum absolute atomic E-state index is 12.3. The van der Waals surface area contributed by atoms with Gasteiger partial charge in [-0.3, -0.25) is 4.79 Å². The van der Waals surface area contributed by atoms with Gasteiger partial charge in [-0.2, -0.15) is 13.2 Å². The number of carbonyl (C=O) groups is 1. The van der Waals surface area contributed by atoms with E-state index in [9.17, 15) is 18.0 Å². The highest BCUT2D eigenvalue weighted by molar-refractivity contribution is 6.28. The van der Waals surface area contributed by atoms with E-state index < -0.39 is 23.1 Å². The summed E-state index contributed by atoms with van der Waals surface area (Å²) in [5.74, 6) is -1.24. The van der Waals surface area contributed by atoms with Crippen molar-refractivity contribution in [1.82, 2.24) is 9.97 Å². The lowest BCUT2D eigenvalue weighted by molar-refractivity contribution is -0.141. The normalized spacial score (nSPS) is 11.3. The molecule has 0 unspecified atom stereocenters. The minimum Gasteiger partial charge on any atom is -0.481 e. The second-order valence-electron chi connectivity index (χ2n) is 2.98. The van der Waals surface area contributed by atoms with Crippen molar-refractivity contribution in [1.29, 1.82) is 0 Å². The van der Waals surface area contributed by atoms with Gasteiger partial charge in [0.2, 0.25) is 5.28 Å². The molecule has 1 aromatic heterocycles. The Balaban J connectivity index is 2.79. The Bertz CT molecular complexity index is 425. The smallest absolute Gasteiger partial charge is 0.433 e. The van der Waals surface area contributed by atoms with Gasteiger partial charge in [0.15, 0.2) is 5.69 Å². The average Bonchev–Trinajstić information content (AvgIpc) is 2.14. The van der Waals surface area contributed by atoms with Crippen LogP contribution in [0.1, 0.15) is 12.1 Å². The molecular weight excluding hydrogens is 263 g/mol. The van der Waals surface area contributed by atoms with E-state index in [1.165, 1.54) is 0 Å². The summed E-state index contributed by atoms with van der Waals surface area (Å²) >= 11 is 5.32. The second-order valence-corrected chi connectivity index (χ2v) is 3.31. The highest BCUT2D eigenvalue weighted by Crippen LogP contribution is 2.29. The van der Waals surface area contributed by atoms with Gasteiger partial charge in [0.05, 0.1) is 6.42 Å². The Morgan fingerprint density at radius 1 is 1.47 bits per heavy atom. The van der Waals surface area contributed by atoms with Gasteiger partial charge in [-0.05, 0) is 11.6 Å². The quantitative estimate of drug-likeness (QED) is 0.818. The molecule has 0 aromatic carbocycles. The molecule has 1 rings (SSSR count). The number of carboxylic acid groups (broad SMARTS) is 1. The Hall–Kier alpha value is -1.57. The molecular formula is C8H7ClF3N3O2. The Kier molecular flexibility index (Phi) is 4.11. The molecule has 0 radical (unpaired) electrons. The van der Waals surface area contributed by atoms with Crippen LogP contribution in [0, 0.1) is 0 Å². The number of carboxylic acids is 1. The molecule has 17 heavy (non-hydrogen) atoms. The fourth-order valence-corrected chi connectivity index (χ4v) is 1.13. The summed E-state index contributed by atoms with van der Waals surface area (Å²) in [5, 5.41) is 10.2. The summed E-state index contributed by atoms with van der Waals surface area (Å²) in [4.78, 5) is 16.7. The predicted octanol–water partition coefficient (Wildman–Crippen LogP) is 2.04. The molecule has 0 aliphatic carbocycles. The first-order valence-electron chi connectivity index (χ1n) is 4.36. The number of anilines is 1. The van der Waals surface area contributed by atoms with E-state index >= 15 is 0 Å². The largest absolute Gasteiger partial charge is 0.481 e. The average molecular weight is 270 g/mol. The number of halogens is 4. The molecule has 94 valence electrons. The van der Waals surface area contributed by atoms with E-state index in [-0.39, 0.29) is 18.8 Å². The summed E-state index contributed by atoms with van der Waals surface area (Å²) in [7, 11) is 0. The molecule has 1 heterocycles. The minimum absolute atomic E-state index is 0.0556. The number of rotatable bonds is 4. The molecule has 2 N–H and O–H groups in total. The number of alkyl halides is 3. The number of nitrogens with one attached hydrogen (secondary N) is 1. The van der Waals surface area contributed by atoms with Crippen LogP contribution in [0.4, 0.5) is 19.0 Å². The Morgan fingerprint density at radius 2 is 2.12 bits per heavy atom. The third kappa shape index (κ3) is 4.43. The maximum Gasteiger partial charge on any atom is 0.433 e. The summed E-state index contributed by atoms with van der Waals surface area (Å²) in [6, 6.07) is 0.660. The van der Waals surface area contributed by atoms with E-state index in [1.54, 1.807) is 0 Å². The Morgan fingerprint density at radius 3 is 2.65 bits per heavy atom. The summed E-state index contributed by atoms with van der Waals surface area (Å²) in [6.07, 6.45) is -4.88. The van der Waals surface area contributed by atoms with Crippen LogP contribution in [0.25, 0.3) is 0 Å². The lowest BCUT2D eigenvalue weighted by Gasteiger charge is -2.09. The van der Waals surface area contributed by atoms with Gasteiger partial charge in [-0.15, -0.1) is 0 Å². The summed E-state index contributed by atoms with van der Waals surface area (Å²) in [6.45, 7) is -0.0556. The van der Waals surface area contributed by atoms with Crippen molar-refractivity contribution in [2.45, 2.75) is 12.6 Å². The standard InChI is InChI=1S/C8H7ClF3N3O2/c9-7-14-4(8(10,11)12)3-5(15-7)13-2-1-6(16)17/h3H,1-2H2,(H,16,17)(H,13,14,15). The molecule has 0 aliphatic heterocycles. The topological polar surface area (TPSA) is 75.1 Å². The fourth-order valence-electron chi connectivity index (χ4n) is 0.951. The van der Waals surface area contributed by atoms with Gasteiger partial charge >= 0.3 is 12.1 Å². The van der Waals surface area contributed by atoms with E-state index in [0.717, 1.165) is 0 Å². The molecule has 9 heteroatoms. The van der Waals surface area contributed by atoms with Gasteiger partial charge in [0, 0.05) is 12.6 Å². The number of aromatic nitrogens is 2. The molecule has 0 fully saturated rings. The number of nitrogens with zero attached hydrogens (tertiary/aromatic N) is 2. The zero-order valence-corrected chi connectivity index (χ0v) is 9.01. The van der Waals surface area contributed by atoms with Crippen molar-refractivity contribution in [3.63, 3.8) is 0 Å². The molecule has 0 amide bonds. The van der Waals surface area contributed by atoms with Crippen molar-refractivity contribution in [3.8, 4) is 0 Å². The zero-order valence-electron chi connectivity index (χ0n) is 8.25. The van der Waals surface area contributed by atoms with Crippen LogP contribution < -0.4 is 5.32 Å². The lowest BCUT2D eigenvalue weighted by Crippen LogP contribution is -2.13. The third-order valence-corrected chi connectivity index (χ3v) is 1.80. The first-order chi connectivity index (χ1) is 7.79. The van der Waals surface area contributed by atoms with E-state index in [1.807, 2.05) is 0 Å². The molecule has 1 aromatic rings. The van der Waals surface area contributed by atoms with Gasteiger partial charge in [-0.25, -0.2) is 9.97 Å². The van der Waals surface area contributed by atoms with Gasteiger partial charge < -0.3 is 10.4 Å². The summed E-state index contributed by atoms with van der Waals surface area (Å²) < 4.78 is 37.0. The molecule has 5 nitrogen and oxygen atoms in total. The highest BCUT2D eigenvalue weighted by Gasteiger charge is 2.33. The van der Waals surface area contributed by atoms with Crippen LogP contribution >= 0.6 is 11.6 Å². The van der Waals surface area contributed by atoms with E-state index in [2.05, 4.69) is 15.3 Å². The van der Waals surface area contributed by atoms with Crippen LogP contribution in [-0.4, -0.2) is 27.6 Å². The van der Waals surface area contributed by atoms with Crippen molar-refractivity contribution < 1.29 is 23.1 Å². The number of aliphatic carboxylic acids is 1. The van der Waals surface area contributed by atoms with E-state index in [0.29, 0.717) is 6.07 Å². The van der Waals surface area contributed by atoms with Crippen LogP contribution in [-0.2, 0) is 11.0 Å². The lowest BCUT2D eigenvalue weighted by atomic mass is 10.3. The second kappa shape index (κ2) is 5.17. The molecule has 0 aliphatic rings. The molecule has 0 spiro atoms. The molecule has 0 saturated heterocycles. The van der Waals surface area contributed by atoms with Gasteiger partial charge in [-0.1, -0.05) is 0 Å². The van der Waals surface area contributed by atoms with Crippen LogP contribution in [0.5, 0.6) is 0 Å². The highest BCUT2D eigenvalue weighted by atomic mass is 35.5. The van der Waals surface area contributed by atoms with E-state index in [4.69, 9.17) is 16.7 Å². The van der Waals surface area contributed by atoms with Crippen molar-refractivity contribution >= 4 is 23.4 Å². The number of hydrogen-bond acceptors (Lipinski definition) is 4. The zero-order chi connectivity index (χ0) is 13.1. The molecule has 0 saturated carbocycles. The predicted molar refractivity (Wildman–Crippen MR) is 52.8 cm³/mol. The fraction of sp³-hybridized carbons (Fsp3) is 0.375. The van der Waals surface area contributed by atoms with Crippen LogP contribution in [0.15, 0.2) is 6.07 Å². The maximum atomic E-state index is 12.3. The summed E-state index contributed by atoms with van der Waals surface area (Å²) in [5.41, 5.74) is -1.18. The monoisotopic (exact) mass is 269 g/mol. The van der Waals surface area contributed by atoms with Gasteiger partial charge in [0.25, 0.3) is 0 Å². The van der Waals surface area contributed by atoms with Crippen molar-refractivity contribution in [2.24, 2.45) is 0 Å². The van der Waals surface area contributed by atoms with Crippen molar-refractivity contribution in [2.75, 3.05) is 11.9 Å². The van der Waals surface area contributed by atoms with Crippen LogP contribution in [0.3, 0.4) is 0 Å². The number of hydrogen-bond donors (Lipinski definition) is 2. The minimum atomic E-state index is -4.63. The third-order valence-electron chi connectivity index (χ3n) is 1.63. The SMILES string of the molecule is O=C(O)CCNc1cc(C(F)(F)F)nc(Cl)n1. The van der Waals surface area contributed by atoms with Crippen LogP contribution in [0.2, 0.25) is 5.28 Å².